The van der Waals surface area contributed by atoms with Gasteiger partial charge in [0, 0.05) is 17.2 Å². The Labute approximate surface area is 96.4 Å². The third-order valence-electron chi connectivity index (χ3n) is 3.42. The van der Waals surface area contributed by atoms with Crippen molar-refractivity contribution < 1.29 is 9.84 Å². The highest BCUT2D eigenvalue weighted by atomic mass is 16.5. The number of hydrogen-bond acceptors (Lipinski definition) is 3. The lowest BCUT2D eigenvalue weighted by molar-refractivity contribution is 0.365. The van der Waals surface area contributed by atoms with Gasteiger partial charge in [-0.1, -0.05) is 0 Å². The van der Waals surface area contributed by atoms with Crippen molar-refractivity contribution in [1.82, 2.24) is 5.32 Å². The molecule has 0 bridgehead atoms. The Morgan fingerprint density at radius 3 is 2.75 bits per heavy atom. The molecule has 0 aromatic heterocycles. The fourth-order valence-corrected chi connectivity index (χ4v) is 2.71. The van der Waals surface area contributed by atoms with Gasteiger partial charge in [0.2, 0.25) is 0 Å². The van der Waals surface area contributed by atoms with Crippen LogP contribution in [0.1, 0.15) is 30.9 Å². The van der Waals surface area contributed by atoms with Gasteiger partial charge in [0.25, 0.3) is 0 Å². The summed E-state index contributed by atoms with van der Waals surface area (Å²) in [5.41, 5.74) is 2.22. The third-order valence-corrected chi connectivity index (χ3v) is 3.42. The predicted octanol–water partition coefficient (Wildman–Crippen LogP) is 2.31. The molecule has 1 unspecified atom stereocenters. The topological polar surface area (TPSA) is 41.5 Å². The van der Waals surface area contributed by atoms with E-state index in [1.807, 2.05) is 6.92 Å². The number of aryl methyl sites for hydroxylation is 1. The lowest BCUT2D eigenvalue weighted by Crippen LogP contribution is -2.34. The van der Waals surface area contributed by atoms with Crippen LogP contribution in [0.3, 0.4) is 0 Å². The van der Waals surface area contributed by atoms with Crippen molar-refractivity contribution >= 4 is 0 Å². The minimum absolute atomic E-state index is 0.0247. The summed E-state index contributed by atoms with van der Waals surface area (Å²) in [6, 6.07) is 3.48. The number of nitrogens with one attached hydrogen (secondary N) is 1. The van der Waals surface area contributed by atoms with Gasteiger partial charge in [0.15, 0.2) is 0 Å². The Balaban J connectivity index is 2.54. The summed E-state index contributed by atoms with van der Waals surface area (Å²) in [6.45, 7) is 5.25. The molecule has 1 aliphatic heterocycles. The van der Waals surface area contributed by atoms with Crippen LogP contribution in [0, 0.1) is 6.92 Å². The van der Waals surface area contributed by atoms with Crippen LogP contribution in [0.25, 0.3) is 0 Å². The second-order valence-electron chi connectivity index (χ2n) is 4.70. The van der Waals surface area contributed by atoms with E-state index < -0.39 is 0 Å². The Hall–Kier alpha value is -1.22. The quantitative estimate of drug-likeness (QED) is 0.805. The van der Waals surface area contributed by atoms with Gasteiger partial charge in [0.1, 0.15) is 11.5 Å². The van der Waals surface area contributed by atoms with Gasteiger partial charge in [-0.3, -0.25) is 0 Å². The third kappa shape index (κ3) is 1.76. The Kier molecular flexibility index (Phi) is 2.80. The van der Waals surface area contributed by atoms with Gasteiger partial charge in [0.05, 0.1) is 7.11 Å². The number of phenolic OH excluding ortho intramolecular Hbond substituents is 1. The average molecular weight is 221 g/mol. The average Bonchev–Trinajstić information content (AvgIpc) is 2.64. The SMILES string of the molecule is COc1cc(O)cc(C)c1C1(C)CCCN1. The predicted molar refractivity (Wildman–Crippen MR) is 64.0 cm³/mol. The smallest absolute Gasteiger partial charge is 0.127 e. The van der Waals surface area contributed by atoms with E-state index in [1.54, 1.807) is 19.2 Å². The van der Waals surface area contributed by atoms with Gasteiger partial charge >= 0.3 is 0 Å². The van der Waals surface area contributed by atoms with Crippen molar-refractivity contribution in [3.8, 4) is 11.5 Å². The van der Waals surface area contributed by atoms with Crippen molar-refractivity contribution in [2.75, 3.05) is 13.7 Å². The number of methoxy groups -OCH3 is 1. The van der Waals surface area contributed by atoms with E-state index in [2.05, 4.69) is 12.2 Å². The summed E-state index contributed by atoms with van der Waals surface area (Å²) < 4.78 is 5.38. The summed E-state index contributed by atoms with van der Waals surface area (Å²) in [5, 5.41) is 13.1. The van der Waals surface area contributed by atoms with Gasteiger partial charge in [-0.15, -0.1) is 0 Å². The van der Waals surface area contributed by atoms with Crippen LogP contribution in [-0.2, 0) is 5.54 Å². The van der Waals surface area contributed by atoms with E-state index >= 15 is 0 Å². The molecule has 3 heteroatoms. The minimum atomic E-state index is -0.0247. The van der Waals surface area contributed by atoms with E-state index in [-0.39, 0.29) is 11.3 Å². The molecule has 0 amide bonds. The number of benzene rings is 1. The molecular weight excluding hydrogens is 202 g/mol. The first-order valence-electron chi connectivity index (χ1n) is 5.70. The first-order chi connectivity index (χ1) is 7.57. The van der Waals surface area contributed by atoms with E-state index in [1.165, 1.54) is 12.0 Å². The molecule has 1 saturated heterocycles. The standard InChI is InChI=1S/C13H19NO2/c1-9-7-10(15)8-11(16-3)12(9)13(2)5-4-6-14-13/h7-8,14-15H,4-6H2,1-3H3. The van der Waals surface area contributed by atoms with Gasteiger partial charge in [-0.05, 0) is 44.9 Å². The second-order valence-corrected chi connectivity index (χ2v) is 4.70. The maximum Gasteiger partial charge on any atom is 0.127 e. The van der Waals surface area contributed by atoms with Crippen molar-refractivity contribution in [3.05, 3.63) is 23.3 Å². The molecule has 88 valence electrons. The lowest BCUT2D eigenvalue weighted by atomic mass is 9.86. The summed E-state index contributed by atoms with van der Waals surface area (Å²) in [6.07, 6.45) is 2.29. The van der Waals surface area contributed by atoms with Crippen molar-refractivity contribution in [3.63, 3.8) is 0 Å². The summed E-state index contributed by atoms with van der Waals surface area (Å²) >= 11 is 0. The first-order valence-corrected chi connectivity index (χ1v) is 5.70. The number of hydrogen-bond donors (Lipinski definition) is 2. The van der Waals surface area contributed by atoms with Crippen LogP contribution in [0.2, 0.25) is 0 Å². The van der Waals surface area contributed by atoms with Gasteiger partial charge in [-0.25, -0.2) is 0 Å². The first kappa shape index (κ1) is 11.3. The highest BCUT2D eigenvalue weighted by Gasteiger charge is 2.34. The Bertz CT molecular complexity index is 395. The monoisotopic (exact) mass is 221 g/mol. The number of aromatic hydroxyl groups is 1. The zero-order valence-electron chi connectivity index (χ0n) is 10.1. The molecule has 1 aromatic rings. The highest BCUT2D eigenvalue weighted by molar-refractivity contribution is 5.49. The summed E-state index contributed by atoms with van der Waals surface area (Å²) in [5.74, 6) is 1.04. The van der Waals surface area contributed by atoms with Gasteiger partial charge < -0.3 is 15.2 Å². The molecule has 16 heavy (non-hydrogen) atoms. The molecular formula is C13H19NO2. The zero-order chi connectivity index (χ0) is 11.8. The molecule has 1 atom stereocenters. The molecule has 3 nitrogen and oxygen atoms in total. The van der Waals surface area contributed by atoms with Crippen LogP contribution in [0.5, 0.6) is 11.5 Å². The van der Waals surface area contributed by atoms with Crippen LogP contribution in [0.4, 0.5) is 0 Å². The molecule has 1 heterocycles. The molecule has 1 aliphatic rings. The highest BCUT2D eigenvalue weighted by Crippen LogP contribution is 2.40. The van der Waals surface area contributed by atoms with E-state index in [0.717, 1.165) is 24.3 Å². The molecule has 2 N–H and O–H groups in total. The molecule has 1 aromatic carbocycles. The van der Waals surface area contributed by atoms with Crippen LogP contribution in [-0.4, -0.2) is 18.8 Å². The maximum absolute atomic E-state index is 9.58. The van der Waals surface area contributed by atoms with Crippen LogP contribution < -0.4 is 10.1 Å². The zero-order valence-corrected chi connectivity index (χ0v) is 10.1. The number of ether oxygens (including phenoxy) is 1. The van der Waals surface area contributed by atoms with E-state index in [4.69, 9.17) is 4.74 Å². The number of rotatable bonds is 2. The molecule has 0 aliphatic carbocycles. The molecule has 0 radical (unpaired) electrons. The number of phenols is 1. The van der Waals surface area contributed by atoms with Crippen LogP contribution in [0.15, 0.2) is 12.1 Å². The van der Waals surface area contributed by atoms with E-state index in [0.29, 0.717) is 0 Å². The van der Waals surface area contributed by atoms with Gasteiger partial charge in [-0.2, -0.15) is 0 Å². The molecule has 0 spiro atoms. The largest absolute Gasteiger partial charge is 0.508 e. The molecule has 1 fully saturated rings. The fourth-order valence-electron chi connectivity index (χ4n) is 2.71. The van der Waals surface area contributed by atoms with E-state index in [9.17, 15) is 5.11 Å². The maximum atomic E-state index is 9.58. The normalized spacial score (nSPS) is 24.7. The molecule has 0 saturated carbocycles. The van der Waals surface area contributed by atoms with Crippen molar-refractivity contribution in [2.24, 2.45) is 0 Å². The second kappa shape index (κ2) is 3.98. The van der Waals surface area contributed by atoms with Crippen LogP contribution >= 0.6 is 0 Å². The minimum Gasteiger partial charge on any atom is -0.508 e. The summed E-state index contributed by atoms with van der Waals surface area (Å²) in [7, 11) is 1.65. The Morgan fingerprint density at radius 2 is 2.19 bits per heavy atom. The lowest BCUT2D eigenvalue weighted by Gasteiger charge is -2.29. The van der Waals surface area contributed by atoms with Crippen molar-refractivity contribution in [2.45, 2.75) is 32.2 Å². The summed E-state index contributed by atoms with van der Waals surface area (Å²) in [4.78, 5) is 0. The molecule has 2 rings (SSSR count). The van der Waals surface area contributed by atoms with Crippen molar-refractivity contribution in [1.29, 1.82) is 0 Å². The Morgan fingerprint density at radius 1 is 1.44 bits per heavy atom. The fraction of sp³-hybridized carbons (Fsp3) is 0.538.